The van der Waals surface area contributed by atoms with Crippen LogP contribution in [0.25, 0.3) is 0 Å². The first-order chi connectivity index (χ1) is 18.5. The topological polar surface area (TPSA) is 122 Å². The van der Waals surface area contributed by atoms with Gasteiger partial charge < -0.3 is 10.1 Å². The maximum absolute atomic E-state index is 13.0. The first-order valence-electron chi connectivity index (χ1n) is 11.4. The van der Waals surface area contributed by atoms with Gasteiger partial charge >= 0.3 is 0 Å². The molecule has 0 unspecified atom stereocenters. The fraction of sp³-hybridized carbons (Fsp3) is 0.0741. The molecule has 0 saturated heterocycles. The average Bonchev–Trinajstić information content (AvgIpc) is 2.94. The van der Waals surface area contributed by atoms with Gasteiger partial charge in [0.25, 0.3) is 26.0 Å². The molecule has 0 aliphatic rings. The maximum atomic E-state index is 13.0. The van der Waals surface area contributed by atoms with Crippen molar-refractivity contribution in [3.63, 3.8) is 0 Å². The summed E-state index contributed by atoms with van der Waals surface area (Å²) in [5.74, 6) is 0.0925. The number of carbonyl (C=O) groups is 1. The van der Waals surface area contributed by atoms with Gasteiger partial charge in [-0.3, -0.25) is 13.8 Å². The van der Waals surface area contributed by atoms with Crippen LogP contribution in [0.5, 0.6) is 5.75 Å². The Morgan fingerprint density at radius 1 is 0.744 bits per heavy atom. The number of anilines is 3. The van der Waals surface area contributed by atoms with Crippen LogP contribution in [0.4, 0.5) is 17.1 Å². The van der Waals surface area contributed by atoms with Crippen LogP contribution in [-0.2, 0) is 20.0 Å². The lowest BCUT2D eigenvalue weighted by Gasteiger charge is -2.20. The number of hydrogen-bond acceptors (Lipinski definition) is 6. The fourth-order valence-corrected chi connectivity index (χ4v) is 5.90. The quantitative estimate of drug-likeness (QED) is 0.277. The van der Waals surface area contributed by atoms with Gasteiger partial charge in [0.05, 0.1) is 22.6 Å². The van der Waals surface area contributed by atoms with E-state index >= 15 is 0 Å². The second-order valence-electron chi connectivity index (χ2n) is 8.29. The van der Waals surface area contributed by atoms with Crippen LogP contribution >= 0.6 is 11.6 Å². The van der Waals surface area contributed by atoms with Crippen molar-refractivity contribution in [2.24, 2.45) is 0 Å². The summed E-state index contributed by atoms with van der Waals surface area (Å²) < 4.78 is 59.8. The van der Waals surface area contributed by atoms with Crippen LogP contribution in [-0.4, -0.2) is 36.9 Å². The lowest BCUT2D eigenvalue weighted by molar-refractivity contribution is 0.102. The van der Waals surface area contributed by atoms with Crippen LogP contribution in [0.1, 0.15) is 10.4 Å². The number of rotatable bonds is 9. The number of methoxy groups -OCH3 is 1. The number of hydrogen-bond donors (Lipinski definition) is 2. The van der Waals surface area contributed by atoms with E-state index in [9.17, 15) is 21.6 Å². The van der Waals surface area contributed by atoms with E-state index in [-0.39, 0.29) is 15.4 Å². The van der Waals surface area contributed by atoms with Crippen molar-refractivity contribution in [1.82, 2.24) is 0 Å². The number of benzene rings is 4. The number of carbonyl (C=O) groups excluding carboxylic acids is 1. The zero-order chi connectivity index (χ0) is 28.2. The molecule has 202 valence electrons. The number of amides is 1. The van der Waals surface area contributed by atoms with E-state index in [1.807, 2.05) is 0 Å². The lowest BCUT2D eigenvalue weighted by atomic mass is 10.2. The first kappa shape index (κ1) is 28.0. The molecule has 0 saturated carbocycles. The molecule has 0 spiro atoms. The summed E-state index contributed by atoms with van der Waals surface area (Å²) in [4.78, 5) is 12.8. The van der Waals surface area contributed by atoms with Crippen molar-refractivity contribution in [2.75, 3.05) is 28.5 Å². The Labute approximate surface area is 232 Å². The Morgan fingerprint density at radius 2 is 1.28 bits per heavy atom. The van der Waals surface area contributed by atoms with E-state index < -0.39 is 26.0 Å². The zero-order valence-electron chi connectivity index (χ0n) is 20.8. The predicted molar refractivity (Wildman–Crippen MR) is 152 cm³/mol. The van der Waals surface area contributed by atoms with Gasteiger partial charge in [0.15, 0.2) is 0 Å². The molecule has 0 atom stereocenters. The van der Waals surface area contributed by atoms with E-state index in [2.05, 4.69) is 10.0 Å². The summed E-state index contributed by atoms with van der Waals surface area (Å²) in [6, 6.07) is 24.0. The van der Waals surface area contributed by atoms with E-state index in [0.29, 0.717) is 27.8 Å². The van der Waals surface area contributed by atoms with Crippen molar-refractivity contribution < 1.29 is 26.4 Å². The molecule has 0 aliphatic heterocycles. The molecule has 0 radical (unpaired) electrons. The van der Waals surface area contributed by atoms with E-state index in [1.165, 1.54) is 74.8 Å². The Kier molecular flexibility index (Phi) is 8.14. The molecular weight excluding hydrogens is 562 g/mol. The fourth-order valence-electron chi connectivity index (χ4n) is 3.52. The smallest absolute Gasteiger partial charge is 0.264 e. The Morgan fingerprint density at radius 3 is 1.85 bits per heavy atom. The summed E-state index contributed by atoms with van der Waals surface area (Å²) in [5.41, 5.74) is 1.40. The summed E-state index contributed by atoms with van der Waals surface area (Å²) >= 11 is 5.83. The molecular formula is C27H24ClN3O6S2. The van der Waals surface area contributed by atoms with E-state index in [4.69, 9.17) is 16.3 Å². The minimum absolute atomic E-state index is 0.0147. The summed E-state index contributed by atoms with van der Waals surface area (Å²) in [7, 11) is -4.74. The van der Waals surface area contributed by atoms with Crippen LogP contribution < -0.4 is 19.1 Å². The highest BCUT2D eigenvalue weighted by atomic mass is 35.5. The minimum Gasteiger partial charge on any atom is -0.497 e. The van der Waals surface area contributed by atoms with Crippen molar-refractivity contribution in [3.8, 4) is 5.75 Å². The van der Waals surface area contributed by atoms with Gasteiger partial charge in [0, 0.05) is 29.0 Å². The Bertz CT molecular complexity index is 1670. The molecule has 9 nitrogen and oxygen atoms in total. The average molecular weight is 586 g/mol. The van der Waals surface area contributed by atoms with E-state index in [0.717, 1.165) is 4.31 Å². The van der Waals surface area contributed by atoms with Crippen LogP contribution in [0.3, 0.4) is 0 Å². The third-order valence-corrected chi connectivity index (χ3v) is 9.18. The molecule has 39 heavy (non-hydrogen) atoms. The Balaban J connectivity index is 1.42. The number of nitrogens with zero attached hydrogens (tertiary/aromatic N) is 1. The van der Waals surface area contributed by atoms with Crippen molar-refractivity contribution in [3.05, 3.63) is 108 Å². The monoisotopic (exact) mass is 585 g/mol. The van der Waals surface area contributed by atoms with Gasteiger partial charge in [0.1, 0.15) is 5.75 Å². The molecule has 1 amide bonds. The van der Waals surface area contributed by atoms with Gasteiger partial charge in [0.2, 0.25) is 0 Å². The molecule has 4 rings (SSSR count). The first-order valence-corrected chi connectivity index (χ1v) is 14.7. The van der Waals surface area contributed by atoms with Gasteiger partial charge in [-0.05, 0) is 97.1 Å². The normalized spacial score (nSPS) is 11.5. The molecule has 0 bridgehead atoms. The maximum Gasteiger partial charge on any atom is 0.264 e. The summed E-state index contributed by atoms with van der Waals surface area (Å²) in [6.07, 6.45) is 0. The van der Waals surface area contributed by atoms with Gasteiger partial charge in [-0.2, -0.15) is 0 Å². The molecule has 4 aromatic carbocycles. The SMILES string of the molecule is COc1ccc(S(=O)(=O)N(C)c2ccc(C(=O)Nc3ccc(S(=O)(=O)Nc4ccc(Cl)cc4)cc3)cc2)cc1. The third kappa shape index (κ3) is 6.51. The van der Waals surface area contributed by atoms with Crippen LogP contribution in [0, 0.1) is 0 Å². The van der Waals surface area contributed by atoms with E-state index in [1.54, 1.807) is 36.4 Å². The largest absolute Gasteiger partial charge is 0.497 e. The van der Waals surface area contributed by atoms with Crippen LogP contribution in [0.2, 0.25) is 5.02 Å². The lowest BCUT2D eigenvalue weighted by Crippen LogP contribution is -2.26. The number of nitrogens with one attached hydrogen (secondary N) is 2. The number of sulfonamides is 2. The highest BCUT2D eigenvalue weighted by Crippen LogP contribution is 2.25. The van der Waals surface area contributed by atoms with Gasteiger partial charge in [-0.1, -0.05) is 11.6 Å². The van der Waals surface area contributed by atoms with Crippen molar-refractivity contribution >= 4 is 54.6 Å². The van der Waals surface area contributed by atoms with Gasteiger partial charge in [-0.25, -0.2) is 16.8 Å². The van der Waals surface area contributed by atoms with Crippen LogP contribution in [0.15, 0.2) is 107 Å². The molecule has 4 aromatic rings. The number of ether oxygens (including phenoxy) is 1. The highest BCUT2D eigenvalue weighted by Gasteiger charge is 2.22. The standard InChI is InChI=1S/C27H24ClN3O6S2/c1-31(39(35,36)26-17-13-24(37-2)14-18-26)23-11-3-19(4-12-23)27(32)29-21-9-15-25(16-10-21)38(33,34)30-22-7-5-20(28)6-8-22/h3-18,30H,1-2H3,(H,29,32). The van der Waals surface area contributed by atoms with Crippen molar-refractivity contribution in [1.29, 1.82) is 0 Å². The van der Waals surface area contributed by atoms with Crippen molar-refractivity contribution in [2.45, 2.75) is 9.79 Å². The zero-order valence-corrected chi connectivity index (χ0v) is 23.2. The van der Waals surface area contributed by atoms with Gasteiger partial charge in [-0.15, -0.1) is 0 Å². The Hall–Kier alpha value is -4.06. The molecule has 0 heterocycles. The summed E-state index contributed by atoms with van der Waals surface area (Å²) in [6.45, 7) is 0. The second kappa shape index (κ2) is 11.4. The second-order valence-corrected chi connectivity index (χ2v) is 12.4. The minimum atomic E-state index is -3.84. The molecule has 2 N–H and O–H groups in total. The molecule has 0 aromatic heterocycles. The molecule has 0 fully saturated rings. The summed E-state index contributed by atoms with van der Waals surface area (Å²) in [5, 5.41) is 3.18. The molecule has 0 aliphatic carbocycles. The predicted octanol–water partition coefficient (Wildman–Crippen LogP) is 5.23. The third-order valence-electron chi connectivity index (χ3n) is 5.73. The highest BCUT2D eigenvalue weighted by molar-refractivity contribution is 7.93. The molecule has 12 heteroatoms. The number of halogens is 1.